The second-order valence-corrected chi connectivity index (χ2v) is 6.52. The maximum atomic E-state index is 11.4. The van der Waals surface area contributed by atoms with E-state index < -0.39 is 5.60 Å². The van der Waals surface area contributed by atoms with E-state index in [1.807, 2.05) is 0 Å². The van der Waals surface area contributed by atoms with E-state index in [-0.39, 0.29) is 17.6 Å². The molecule has 0 amide bonds. The Labute approximate surface area is 113 Å². The molecule has 3 heteroatoms. The molecule has 4 rings (SSSR count). The van der Waals surface area contributed by atoms with Gasteiger partial charge < -0.3 is 15.5 Å². The minimum Gasteiger partial charge on any atom is -0.393 e. The van der Waals surface area contributed by atoms with Crippen molar-refractivity contribution in [2.75, 3.05) is 6.54 Å². The fourth-order valence-electron chi connectivity index (χ4n) is 4.87. The van der Waals surface area contributed by atoms with Gasteiger partial charge in [0.15, 0.2) is 0 Å². The monoisotopic (exact) mass is 259 g/mol. The predicted molar refractivity (Wildman–Crippen MR) is 73.0 cm³/mol. The molecule has 1 heterocycles. The molecule has 2 fully saturated rings. The highest BCUT2D eigenvalue weighted by molar-refractivity contribution is 5.44. The van der Waals surface area contributed by atoms with Crippen LogP contribution in [0.4, 0.5) is 0 Å². The summed E-state index contributed by atoms with van der Waals surface area (Å²) in [7, 11) is 0. The van der Waals surface area contributed by atoms with Crippen molar-refractivity contribution >= 4 is 0 Å². The number of aliphatic hydroxyl groups excluding tert-OH is 1. The Bertz CT molecular complexity index is 517. The Morgan fingerprint density at radius 2 is 2.05 bits per heavy atom. The van der Waals surface area contributed by atoms with Crippen LogP contribution in [0.1, 0.15) is 36.8 Å². The third-order valence-electron chi connectivity index (χ3n) is 5.75. The Balaban J connectivity index is 1.95. The zero-order valence-electron chi connectivity index (χ0n) is 11.1. The Kier molecular flexibility index (Phi) is 2.39. The van der Waals surface area contributed by atoms with Crippen LogP contribution in [0.15, 0.2) is 24.3 Å². The summed E-state index contributed by atoms with van der Waals surface area (Å²) in [4.78, 5) is 0. The molecule has 19 heavy (non-hydrogen) atoms. The van der Waals surface area contributed by atoms with Gasteiger partial charge in [-0.25, -0.2) is 0 Å². The molecule has 1 saturated carbocycles. The van der Waals surface area contributed by atoms with E-state index in [0.717, 1.165) is 25.8 Å². The average Bonchev–Trinajstić information content (AvgIpc) is 2.39. The van der Waals surface area contributed by atoms with Gasteiger partial charge in [0.25, 0.3) is 0 Å². The predicted octanol–water partition coefficient (Wildman–Crippen LogP) is 1.12. The molecular formula is C16H21NO2. The fourth-order valence-corrected chi connectivity index (χ4v) is 4.87. The fraction of sp³-hybridized carbons (Fsp3) is 0.625. The first-order valence-corrected chi connectivity index (χ1v) is 7.38. The van der Waals surface area contributed by atoms with E-state index in [2.05, 4.69) is 29.6 Å². The summed E-state index contributed by atoms with van der Waals surface area (Å²) in [6.45, 7) is 0.939. The van der Waals surface area contributed by atoms with E-state index in [1.54, 1.807) is 0 Å². The van der Waals surface area contributed by atoms with Crippen LogP contribution in [0.2, 0.25) is 0 Å². The minimum atomic E-state index is -0.682. The lowest BCUT2D eigenvalue weighted by molar-refractivity contribution is -0.146. The third-order valence-corrected chi connectivity index (χ3v) is 5.75. The number of piperidine rings is 1. The first kappa shape index (κ1) is 11.9. The molecule has 0 radical (unpaired) electrons. The molecule has 3 nitrogen and oxygen atoms in total. The quantitative estimate of drug-likeness (QED) is 0.654. The van der Waals surface area contributed by atoms with Crippen LogP contribution in [0.25, 0.3) is 0 Å². The molecular weight excluding hydrogens is 238 g/mol. The van der Waals surface area contributed by atoms with E-state index in [9.17, 15) is 10.2 Å². The molecule has 3 aliphatic rings. The summed E-state index contributed by atoms with van der Waals surface area (Å²) in [5.41, 5.74) is 1.71. The van der Waals surface area contributed by atoms with Crippen molar-refractivity contribution in [1.29, 1.82) is 0 Å². The van der Waals surface area contributed by atoms with Crippen molar-refractivity contribution < 1.29 is 10.2 Å². The lowest BCUT2D eigenvalue weighted by atomic mass is 9.49. The van der Waals surface area contributed by atoms with Gasteiger partial charge >= 0.3 is 0 Å². The lowest BCUT2D eigenvalue weighted by Gasteiger charge is -2.61. The molecule has 1 aromatic rings. The summed E-state index contributed by atoms with van der Waals surface area (Å²) < 4.78 is 0. The van der Waals surface area contributed by atoms with Crippen LogP contribution < -0.4 is 5.32 Å². The standard InChI is InChI=1S/C16H21NO2/c18-12-5-6-16(19)14-9-11-3-1-2-4-13(11)15(16,10-12)7-8-17-14/h1-4,12,14,17-19H,5-10H2/t12?,14-,15-,16?/m1/s1. The summed E-state index contributed by atoms with van der Waals surface area (Å²) in [5, 5.41) is 25.0. The number of hydrogen-bond acceptors (Lipinski definition) is 3. The largest absolute Gasteiger partial charge is 0.393 e. The van der Waals surface area contributed by atoms with Crippen molar-refractivity contribution in [1.82, 2.24) is 5.32 Å². The molecule has 3 N–H and O–H groups in total. The maximum absolute atomic E-state index is 11.4. The molecule has 102 valence electrons. The van der Waals surface area contributed by atoms with Gasteiger partial charge in [0.2, 0.25) is 0 Å². The zero-order valence-corrected chi connectivity index (χ0v) is 11.1. The topological polar surface area (TPSA) is 52.5 Å². The first-order chi connectivity index (χ1) is 9.16. The summed E-state index contributed by atoms with van der Waals surface area (Å²) >= 11 is 0. The van der Waals surface area contributed by atoms with Crippen LogP contribution >= 0.6 is 0 Å². The highest BCUT2D eigenvalue weighted by Gasteiger charge is 2.62. The van der Waals surface area contributed by atoms with E-state index >= 15 is 0 Å². The van der Waals surface area contributed by atoms with Gasteiger partial charge in [-0.1, -0.05) is 24.3 Å². The second kappa shape index (κ2) is 3.81. The highest BCUT2D eigenvalue weighted by Crippen LogP contribution is 2.56. The lowest BCUT2D eigenvalue weighted by Crippen LogP contribution is -2.72. The molecule has 0 aromatic heterocycles. The van der Waals surface area contributed by atoms with Gasteiger partial charge in [0.05, 0.1) is 11.7 Å². The Morgan fingerprint density at radius 3 is 2.95 bits per heavy atom. The number of aliphatic hydroxyl groups is 2. The van der Waals surface area contributed by atoms with Gasteiger partial charge in [-0.3, -0.25) is 0 Å². The maximum Gasteiger partial charge on any atom is 0.0901 e. The molecule has 1 aromatic carbocycles. The molecule has 2 aliphatic carbocycles. The number of rotatable bonds is 0. The zero-order chi connectivity index (χ0) is 13.1. The Hall–Kier alpha value is -0.900. The molecule has 1 aliphatic heterocycles. The normalized spacial score (nSPS) is 44.3. The van der Waals surface area contributed by atoms with Crippen molar-refractivity contribution in [3.05, 3.63) is 35.4 Å². The highest BCUT2D eigenvalue weighted by atomic mass is 16.3. The molecule has 2 bridgehead atoms. The number of benzene rings is 1. The van der Waals surface area contributed by atoms with Crippen LogP contribution in [0.5, 0.6) is 0 Å². The van der Waals surface area contributed by atoms with Gasteiger partial charge in [-0.05, 0) is 49.8 Å². The van der Waals surface area contributed by atoms with Crippen LogP contribution in [0, 0.1) is 0 Å². The minimum absolute atomic E-state index is 0.142. The van der Waals surface area contributed by atoms with Crippen molar-refractivity contribution in [2.45, 2.75) is 55.3 Å². The van der Waals surface area contributed by atoms with Crippen molar-refractivity contribution in [3.63, 3.8) is 0 Å². The van der Waals surface area contributed by atoms with Gasteiger partial charge in [0, 0.05) is 11.5 Å². The van der Waals surface area contributed by atoms with Gasteiger partial charge in [-0.2, -0.15) is 0 Å². The Morgan fingerprint density at radius 1 is 1.21 bits per heavy atom. The van der Waals surface area contributed by atoms with Crippen LogP contribution in [-0.4, -0.2) is 34.5 Å². The smallest absolute Gasteiger partial charge is 0.0901 e. The number of nitrogens with one attached hydrogen (secondary N) is 1. The van der Waals surface area contributed by atoms with E-state index in [0.29, 0.717) is 12.8 Å². The molecule has 0 spiro atoms. The second-order valence-electron chi connectivity index (χ2n) is 6.52. The van der Waals surface area contributed by atoms with Crippen molar-refractivity contribution in [2.24, 2.45) is 0 Å². The third kappa shape index (κ3) is 1.38. The van der Waals surface area contributed by atoms with Crippen molar-refractivity contribution in [3.8, 4) is 0 Å². The molecule has 4 atom stereocenters. The SMILES string of the molecule is OC1CCC2(O)[C@H]3Cc4ccccc4[C@@]2(CCN3)C1. The number of hydrogen-bond donors (Lipinski definition) is 3. The van der Waals surface area contributed by atoms with Gasteiger partial charge in [-0.15, -0.1) is 0 Å². The number of fused-ring (bicyclic) bond motifs is 1. The van der Waals surface area contributed by atoms with E-state index in [4.69, 9.17) is 0 Å². The van der Waals surface area contributed by atoms with E-state index in [1.165, 1.54) is 11.1 Å². The van der Waals surface area contributed by atoms with Crippen LogP contribution in [-0.2, 0) is 11.8 Å². The molecule has 1 saturated heterocycles. The first-order valence-electron chi connectivity index (χ1n) is 7.38. The summed E-state index contributed by atoms with van der Waals surface area (Å²) in [5.74, 6) is 0. The summed E-state index contributed by atoms with van der Waals surface area (Å²) in [6, 6.07) is 8.63. The molecule has 2 unspecified atom stereocenters. The summed E-state index contributed by atoms with van der Waals surface area (Å²) in [6.07, 6.45) is 3.70. The average molecular weight is 259 g/mol. The van der Waals surface area contributed by atoms with Crippen LogP contribution in [0.3, 0.4) is 0 Å². The van der Waals surface area contributed by atoms with Gasteiger partial charge in [0.1, 0.15) is 0 Å².